The highest BCUT2D eigenvalue weighted by atomic mass is 16.5. The third-order valence-corrected chi connectivity index (χ3v) is 4.38. The molecule has 1 N–H and O–H groups in total. The van der Waals surface area contributed by atoms with Gasteiger partial charge in [-0.25, -0.2) is 0 Å². The van der Waals surface area contributed by atoms with Crippen LogP contribution in [0.15, 0.2) is 53.1 Å². The molecule has 0 saturated heterocycles. The van der Waals surface area contributed by atoms with Crippen molar-refractivity contribution in [1.82, 2.24) is 10.1 Å². The van der Waals surface area contributed by atoms with E-state index in [1.54, 1.807) is 14.2 Å². The normalized spacial score (nSPS) is 14.8. The zero-order valence-electron chi connectivity index (χ0n) is 14.2. The second-order valence-electron chi connectivity index (χ2n) is 6.07. The van der Waals surface area contributed by atoms with Crippen molar-refractivity contribution in [1.29, 1.82) is 0 Å². The Balaban J connectivity index is 1.60. The fourth-order valence-corrected chi connectivity index (χ4v) is 2.83. The number of ether oxygens (including phenoxy) is 2. The van der Waals surface area contributed by atoms with Crippen LogP contribution in [0, 0.1) is 0 Å². The molecule has 1 heterocycles. The van der Waals surface area contributed by atoms with E-state index in [1.165, 1.54) is 0 Å². The van der Waals surface area contributed by atoms with Gasteiger partial charge in [0.25, 0.3) is 5.89 Å². The highest BCUT2D eigenvalue weighted by Gasteiger charge is 2.49. The Morgan fingerprint density at radius 1 is 1.00 bits per heavy atom. The van der Waals surface area contributed by atoms with Crippen LogP contribution in [0.4, 0.5) is 5.69 Å². The fourth-order valence-electron chi connectivity index (χ4n) is 2.83. The molecule has 0 spiro atoms. The molecule has 6 nitrogen and oxygen atoms in total. The summed E-state index contributed by atoms with van der Waals surface area (Å²) >= 11 is 0. The number of rotatable bonds is 6. The Hall–Kier alpha value is -3.02. The lowest BCUT2D eigenvalue weighted by atomic mass is 10.2. The first-order valence-corrected chi connectivity index (χ1v) is 8.14. The Morgan fingerprint density at radius 3 is 2.44 bits per heavy atom. The van der Waals surface area contributed by atoms with Gasteiger partial charge >= 0.3 is 0 Å². The van der Waals surface area contributed by atoms with Crippen LogP contribution in [0.25, 0.3) is 11.4 Å². The number of para-hydroxylation sites is 1. The Kier molecular flexibility index (Phi) is 3.80. The molecule has 1 aliphatic carbocycles. The summed E-state index contributed by atoms with van der Waals surface area (Å²) in [5, 5.41) is 7.65. The van der Waals surface area contributed by atoms with Gasteiger partial charge in [-0.15, -0.1) is 0 Å². The first-order valence-electron chi connectivity index (χ1n) is 8.14. The standard InChI is InChI=1S/C19H19N3O3/c1-23-15-9-8-13(12-16(15)24-2)17-20-18(25-22-17)19(10-11-19)21-14-6-4-3-5-7-14/h3-9,12,21H,10-11H2,1-2H3. The van der Waals surface area contributed by atoms with E-state index in [4.69, 9.17) is 14.0 Å². The largest absolute Gasteiger partial charge is 0.493 e. The Labute approximate surface area is 145 Å². The lowest BCUT2D eigenvalue weighted by molar-refractivity contribution is 0.354. The lowest BCUT2D eigenvalue weighted by Crippen LogP contribution is -2.19. The predicted molar refractivity (Wildman–Crippen MR) is 93.8 cm³/mol. The Bertz CT molecular complexity index is 873. The first kappa shape index (κ1) is 15.5. The molecule has 0 bridgehead atoms. The zero-order valence-corrected chi connectivity index (χ0v) is 14.2. The maximum atomic E-state index is 5.55. The fraction of sp³-hybridized carbons (Fsp3) is 0.263. The van der Waals surface area contributed by atoms with E-state index in [2.05, 4.69) is 15.5 Å². The highest BCUT2D eigenvalue weighted by molar-refractivity contribution is 5.61. The number of nitrogens with zero attached hydrogens (tertiary/aromatic N) is 2. The number of anilines is 1. The van der Waals surface area contributed by atoms with Gasteiger partial charge in [0.05, 0.1) is 14.2 Å². The van der Waals surface area contributed by atoms with E-state index < -0.39 is 0 Å². The van der Waals surface area contributed by atoms with Gasteiger partial charge in [-0.05, 0) is 43.2 Å². The van der Waals surface area contributed by atoms with Crippen LogP contribution in [0.3, 0.4) is 0 Å². The summed E-state index contributed by atoms with van der Waals surface area (Å²) in [6.45, 7) is 0. The number of hydrogen-bond acceptors (Lipinski definition) is 6. The Morgan fingerprint density at radius 2 is 1.76 bits per heavy atom. The van der Waals surface area contributed by atoms with Gasteiger partial charge in [0.2, 0.25) is 5.82 Å². The second-order valence-corrected chi connectivity index (χ2v) is 6.07. The minimum absolute atomic E-state index is 0.261. The quantitative estimate of drug-likeness (QED) is 0.737. The summed E-state index contributed by atoms with van der Waals surface area (Å²) < 4.78 is 16.2. The maximum absolute atomic E-state index is 5.55. The van der Waals surface area contributed by atoms with Gasteiger partial charge in [0.15, 0.2) is 11.5 Å². The molecule has 0 atom stereocenters. The van der Waals surface area contributed by atoms with Gasteiger partial charge < -0.3 is 19.3 Å². The van der Waals surface area contributed by atoms with Crippen molar-refractivity contribution in [3.8, 4) is 22.9 Å². The summed E-state index contributed by atoms with van der Waals surface area (Å²) in [4.78, 5) is 4.61. The average molecular weight is 337 g/mol. The molecule has 1 aliphatic rings. The molecule has 1 aromatic heterocycles. The van der Waals surface area contributed by atoms with Crippen LogP contribution in [0.2, 0.25) is 0 Å². The van der Waals surface area contributed by atoms with Crippen molar-refractivity contribution in [3.63, 3.8) is 0 Å². The average Bonchev–Trinajstić information content (AvgIpc) is 3.26. The molecule has 1 saturated carbocycles. The molecule has 128 valence electrons. The lowest BCUT2D eigenvalue weighted by Gasteiger charge is -2.14. The van der Waals surface area contributed by atoms with Gasteiger partial charge in [-0.2, -0.15) is 4.98 Å². The summed E-state index contributed by atoms with van der Waals surface area (Å²) in [6, 6.07) is 15.6. The van der Waals surface area contributed by atoms with Gasteiger partial charge in [0.1, 0.15) is 5.54 Å². The molecular formula is C19H19N3O3. The molecule has 4 rings (SSSR count). The molecule has 0 amide bonds. The summed E-state index contributed by atoms with van der Waals surface area (Å²) in [5.41, 5.74) is 1.61. The predicted octanol–water partition coefficient (Wildman–Crippen LogP) is 3.86. The van der Waals surface area contributed by atoms with Crippen LogP contribution in [0.5, 0.6) is 11.5 Å². The van der Waals surface area contributed by atoms with Crippen LogP contribution in [0.1, 0.15) is 18.7 Å². The maximum Gasteiger partial charge on any atom is 0.252 e. The van der Waals surface area contributed by atoms with E-state index in [0.29, 0.717) is 23.2 Å². The van der Waals surface area contributed by atoms with E-state index in [9.17, 15) is 0 Å². The topological polar surface area (TPSA) is 69.4 Å². The first-order chi connectivity index (χ1) is 12.2. The number of methoxy groups -OCH3 is 2. The molecule has 0 radical (unpaired) electrons. The van der Waals surface area contributed by atoms with Crippen LogP contribution >= 0.6 is 0 Å². The SMILES string of the molecule is COc1ccc(-c2noc(C3(Nc4ccccc4)CC3)n2)cc1OC. The van der Waals surface area contributed by atoms with E-state index in [1.807, 2.05) is 48.5 Å². The number of aromatic nitrogens is 2. The third-order valence-electron chi connectivity index (χ3n) is 4.38. The van der Waals surface area contributed by atoms with Crippen LogP contribution in [-0.4, -0.2) is 24.4 Å². The molecule has 25 heavy (non-hydrogen) atoms. The summed E-state index contributed by atoms with van der Waals surface area (Å²) in [7, 11) is 3.21. The number of benzene rings is 2. The van der Waals surface area contributed by atoms with Gasteiger partial charge in [0, 0.05) is 11.3 Å². The molecule has 6 heteroatoms. The van der Waals surface area contributed by atoms with Crippen molar-refractivity contribution in [2.75, 3.05) is 19.5 Å². The second kappa shape index (κ2) is 6.12. The van der Waals surface area contributed by atoms with Crippen molar-refractivity contribution < 1.29 is 14.0 Å². The van der Waals surface area contributed by atoms with E-state index in [0.717, 1.165) is 24.1 Å². The molecular weight excluding hydrogens is 318 g/mol. The monoisotopic (exact) mass is 337 g/mol. The van der Waals surface area contributed by atoms with Crippen LogP contribution < -0.4 is 14.8 Å². The smallest absolute Gasteiger partial charge is 0.252 e. The number of nitrogens with one attached hydrogen (secondary N) is 1. The number of hydrogen-bond donors (Lipinski definition) is 1. The van der Waals surface area contributed by atoms with E-state index in [-0.39, 0.29) is 5.54 Å². The minimum Gasteiger partial charge on any atom is -0.493 e. The zero-order chi connectivity index (χ0) is 17.3. The van der Waals surface area contributed by atoms with Gasteiger partial charge in [-0.1, -0.05) is 23.4 Å². The summed E-state index contributed by atoms with van der Waals surface area (Å²) in [6.07, 6.45) is 1.94. The van der Waals surface area contributed by atoms with E-state index >= 15 is 0 Å². The third kappa shape index (κ3) is 2.91. The molecule has 3 aromatic rings. The van der Waals surface area contributed by atoms with Crippen molar-refractivity contribution in [2.45, 2.75) is 18.4 Å². The molecule has 2 aromatic carbocycles. The molecule has 0 aliphatic heterocycles. The minimum atomic E-state index is -0.261. The molecule has 1 fully saturated rings. The van der Waals surface area contributed by atoms with Gasteiger partial charge in [-0.3, -0.25) is 0 Å². The van der Waals surface area contributed by atoms with Crippen molar-refractivity contribution in [2.24, 2.45) is 0 Å². The summed E-state index contributed by atoms with van der Waals surface area (Å²) in [5.74, 6) is 2.45. The van der Waals surface area contributed by atoms with Crippen molar-refractivity contribution in [3.05, 3.63) is 54.4 Å². The van der Waals surface area contributed by atoms with Crippen LogP contribution in [-0.2, 0) is 5.54 Å². The highest BCUT2D eigenvalue weighted by Crippen LogP contribution is 2.48. The van der Waals surface area contributed by atoms with Crippen molar-refractivity contribution >= 4 is 5.69 Å². The molecule has 0 unspecified atom stereocenters.